The van der Waals surface area contributed by atoms with E-state index in [2.05, 4.69) is 15.5 Å². The monoisotopic (exact) mass is 535 g/mol. The number of amides is 1. The first-order chi connectivity index (χ1) is 16.4. The van der Waals surface area contributed by atoms with Gasteiger partial charge in [0.2, 0.25) is 5.88 Å². The van der Waals surface area contributed by atoms with Crippen molar-refractivity contribution in [3.05, 3.63) is 63.4 Å². The molecule has 0 fully saturated rings. The zero-order valence-corrected chi connectivity index (χ0v) is 21.9. The first-order valence-electron chi connectivity index (χ1n) is 10.3. The van der Waals surface area contributed by atoms with E-state index in [1.807, 2.05) is 0 Å². The normalized spacial score (nSPS) is 12.2. The van der Waals surface area contributed by atoms with Gasteiger partial charge >= 0.3 is 0 Å². The van der Waals surface area contributed by atoms with Crippen molar-refractivity contribution < 1.29 is 26.7 Å². The van der Waals surface area contributed by atoms with Crippen molar-refractivity contribution in [3.63, 3.8) is 0 Å². The van der Waals surface area contributed by atoms with Gasteiger partial charge in [-0.15, -0.1) is 11.3 Å². The van der Waals surface area contributed by atoms with Crippen LogP contribution in [0.5, 0.6) is 11.6 Å². The van der Waals surface area contributed by atoms with E-state index in [4.69, 9.17) is 25.0 Å². The number of hydrogen-bond donors (Lipinski definition) is 1. The minimum Gasteiger partial charge on any atom is -0.433 e. The first kappa shape index (κ1) is 25.1. The number of fused-ring (bicyclic) bond motifs is 1. The van der Waals surface area contributed by atoms with Crippen LogP contribution in [-0.4, -0.2) is 31.6 Å². The van der Waals surface area contributed by atoms with Crippen LogP contribution in [0.1, 0.15) is 40.5 Å². The molecular weight excluding hydrogens is 514 g/mol. The topological polar surface area (TPSA) is 121 Å². The predicted molar refractivity (Wildman–Crippen MR) is 134 cm³/mol. The van der Waals surface area contributed by atoms with Crippen LogP contribution in [-0.2, 0) is 19.0 Å². The van der Waals surface area contributed by atoms with Gasteiger partial charge in [0.05, 0.1) is 12.0 Å². The second-order valence-corrected chi connectivity index (χ2v) is 12.0. The van der Waals surface area contributed by atoms with Crippen molar-refractivity contribution in [1.29, 1.82) is 0 Å². The number of thiophene rings is 1. The lowest BCUT2D eigenvalue weighted by Gasteiger charge is -2.23. The zero-order chi connectivity index (χ0) is 25.5. The fourth-order valence-corrected chi connectivity index (χ4v) is 5.37. The third-order valence-corrected chi connectivity index (χ3v) is 8.72. The van der Waals surface area contributed by atoms with E-state index in [-0.39, 0.29) is 16.9 Å². The number of halogens is 1. The highest BCUT2D eigenvalue weighted by Crippen LogP contribution is 2.35. The van der Waals surface area contributed by atoms with Crippen LogP contribution in [0.3, 0.4) is 0 Å². The van der Waals surface area contributed by atoms with E-state index in [0.717, 1.165) is 17.2 Å². The third-order valence-electron chi connectivity index (χ3n) is 5.48. The smallest absolute Gasteiger partial charge is 0.276 e. The average molecular weight is 536 g/mol. The average Bonchev–Trinajstić information content (AvgIpc) is 3.36. The van der Waals surface area contributed by atoms with Crippen LogP contribution in [0.2, 0.25) is 5.15 Å². The Balaban J connectivity index is 1.59. The van der Waals surface area contributed by atoms with Crippen molar-refractivity contribution in [1.82, 2.24) is 10.1 Å². The van der Waals surface area contributed by atoms with Gasteiger partial charge in [-0.25, -0.2) is 4.98 Å². The number of anilines is 1. The summed E-state index contributed by atoms with van der Waals surface area (Å²) in [6.07, 6.45) is 0. The van der Waals surface area contributed by atoms with Gasteiger partial charge in [-0.2, -0.15) is 8.42 Å². The van der Waals surface area contributed by atoms with Gasteiger partial charge in [0.25, 0.3) is 16.0 Å². The number of carbonyl (C=O) groups excluding carboxylic acids is 1. The maximum absolute atomic E-state index is 13.0. The van der Waals surface area contributed by atoms with E-state index >= 15 is 0 Å². The van der Waals surface area contributed by atoms with Gasteiger partial charge in [-0.1, -0.05) is 22.8 Å². The highest BCUT2D eigenvalue weighted by atomic mass is 35.5. The summed E-state index contributed by atoms with van der Waals surface area (Å²) in [6, 6.07) is 10.0. The van der Waals surface area contributed by atoms with E-state index in [1.165, 1.54) is 17.4 Å². The molecule has 0 spiro atoms. The third kappa shape index (κ3) is 4.90. The Morgan fingerprint density at radius 2 is 1.91 bits per heavy atom. The molecule has 0 atom stereocenters. The molecule has 1 N–H and O–H groups in total. The molecule has 1 amide bonds. The minimum absolute atomic E-state index is 0.132. The fraction of sp³-hybridized carbons (Fsp3) is 0.261. The number of rotatable bonds is 7. The van der Waals surface area contributed by atoms with Gasteiger partial charge in [0.15, 0.2) is 11.5 Å². The van der Waals surface area contributed by atoms with Crippen LogP contribution < -0.4 is 10.1 Å². The Bertz CT molecular complexity index is 1520. The molecule has 0 bridgehead atoms. The zero-order valence-electron chi connectivity index (χ0n) is 19.5. The molecule has 0 aliphatic rings. The number of hydrogen-bond acceptors (Lipinski definition) is 9. The van der Waals surface area contributed by atoms with Gasteiger partial charge in [0.1, 0.15) is 15.6 Å². The standard InChI is InChI=1S/C23H22ClN3O6S2/c1-12-21(13(2)33-27-12)32-20-11-16(10-19(24)26-20)25-22(28)18-9-14-8-15(6-7-17(14)34-18)23(3,4)35(29,30)31-5/h6-11H,1-5H3,(H,25,26,28). The number of aromatic nitrogens is 2. The molecule has 0 unspecified atom stereocenters. The fourth-order valence-electron chi connectivity index (χ4n) is 3.40. The van der Waals surface area contributed by atoms with Crippen LogP contribution in [0.4, 0.5) is 5.69 Å². The summed E-state index contributed by atoms with van der Waals surface area (Å²) in [7, 11) is -2.68. The van der Waals surface area contributed by atoms with E-state index in [9.17, 15) is 13.2 Å². The maximum atomic E-state index is 13.0. The maximum Gasteiger partial charge on any atom is 0.276 e. The summed E-state index contributed by atoms with van der Waals surface area (Å²) < 4.78 is 39.8. The van der Waals surface area contributed by atoms with Crippen molar-refractivity contribution in [2.75, 3.05) is 12.4 Å². The quantitative estimate of drug-likeness (QED) is 0.232. The predicted octanol–water partition coefficient (Wildman–Crippen LogP) is 5.81. The second kappa shape index (κ2) is 9.23. The minimum atomic E-state index is -3.82. The lowest BCUT2D eigenvalue weighted by atomic mass is 10.0. The SMILES string of the molecule is COS(=O)(=O)C(C)(C)c1ccc2sc(C(=O)Nc3cc(Cl)nc(Oc4c(C)noc4C)c3)cc2c1. The highest BCUT2D eigenvalue weighted by Gasteiger charge is 2.36. The number of ether oxygens (including phenoxy) is 1. The van der Waals surface area contributed by atoms with E-state index in [0.29, 0.717) is 33.3 Å². The number of nitrogens with one attached hydrogen (secondary N) is 1. The Morgan fingerprint density at radius 1 is 1.17 bits per heavy atom. The summed E-state index contributed by atoms with van der Waals surface area (Å²) in [5, 5.41) is 7.51. The molecular formula is C23H22ClN3O6S2. The summed E-state index contributed by atoms with van der Waals surface area (Å²) in [5.41, 5.74) is 1.50. The molecule has 12 heteroatoms. The Morgan fingerprint density at radius 3 is 2.57 bits per heavy atom. The Labute approximate surface area is 211 Å². The summed E-state index contributed by atoms with van der Waals surface area (Å²) >= 11 is 7.41. The first-order valence-corrected chi connectivity index (χ1v) is 13.0. The molecule has 0 radical (unpaired) electrons. The molecule has 35 heavy (non-hydrogen) atoms. The molecule has 0 aliphatic carbocycles. The molecule has 4 aromatic rings. The van der Waals surface area contributed by atoms with Gasteiger partial charge in [-0.3, -0.25) is 8.98 Å². The summed E-state index contributed by atoms with van der Waals surface area (Å²) in [4.78, 5) is 17.5. The van der Waals surface area contributed by atoms with E-state index < -0.39 is 14.9 Å². The molecule has 3 heterocycles. The Hall–Kier alpha value is -2.99. The summed E-state index contributed by atoms with van der Waals surface area (Å²) in [6.45, 7) is 6.59. The molecule has 1 aromatic carbocycles. The van der Waals surface area contributed by atoms with Gasteiger partial charge < -0.3 is 14.6 Å². The molecule has 0 saturated heterocycles. The molecule has 184 valence electrons. The highest BCUT2D eigenvalue weighted by molar-refractivity contribution is 7.87. The van der Waals surface area contributed by atoms with Crippen LogP contribution in [0.15, 0.2) is 40.9 Å². The van der Waals surface area contributed by atoms with Crippen LogP contribution in [0.25, 0.3) is 10.1 Å². The van der Waals surface area contributed by atoms with Gasteiger partial charge in [0, 0.05) is 23.4 Å². The number of carbonyl (C=O) groups is 1. The molecule has 9 nitrogen and oxygen atoms in total. The number of aryl methyl sites for hydroxylation is 2. The Kier molecular flexibility index (Phi) is 6.62. The largest absolute Gasteiger partial charge is 0.433 e. The molecule has 3 aromatic heterocycles. The number of pyridine rings is 1. The van der Waals surface area contributed by atoms with Gasteiger partial charge in [-0.05, 0) is 56.0 Å². The van der Waals surface area contributed by atoms with E-state index in [1.54, 1.807) is 58.0 Å². The van der Waals surface area contributed by atoms with Crippen LogP contribution >= 0.6 is 22.9 Å². The van der Waals surface area contributed by atoms with Crippen molar-refractivity contribution in [3.8, 4) is 11.6 Å². The van der Waals surface area contributed by atoms with Crippen molar-refractivity contribution in [2.24, 2.45) is 0 Å². The van der Waals surface area contributed by atoms with Crippen LogP contribution in [0, 0.1) is 13.8 Å². The lowest BCUT2D eigenvalue weighted by Crippen LogP contribution is -2.30. The molecule has 4 rings (SSSR count). The lowest BCUT2D eigenvalue weighted by molar-refractivity contribution is 0.103. The van der Waals surface area contributed by atoms with Crippen molar-refractivity contribution in [2.45, 2.75) is 32.4 Å². The number of benzene rings is 1. The van der Waals surface area contributed by atoms with Crippen molar-refractivity contribution >= 4 is 54.7 Å². The molecule has 0 saturated carbocycles. The summed E-state index contributed by atoms with van der Waals surface area (Å²) in [5.74, 6) is 0.726. The number of nitrogens with zero attached hydrogens (tertiary/aromatic N) is 2. The molecule has 0 aliphatic heterocycles. The second-order valence-electron chi connectivity index (χ2n) is 8.22.